The van der Waals surface area contributed by atoms with E-state index in [1.165, 1.54) is 5.56 Å². The molecule has 33 heavy (non-hydrogen) atoms. The molecule has 0 bridgehead atoms. The van der Waals surface area contributed by atoms with E-state index in [1.54, 1.807) is 30.2 Å². The van der Waals surface area contributed by atoms with E-state index < -0.39 is 0 Å². The van der Waals surface area contributed by atoms with E-state index in [0.717, 1.165) is 17.5 Å². The van der Waals surface area contributed by atoms with E-state index in [4.69, 9.17) is 4.74 Å². The van der Waals surface area contributed by atoms with Crippen LogP contribution in [-0.2, 0) is 6.54 Å². The van der Waals surface area contributed by atoms with Crippen molar-refractivity contribution in [2.24, 2.45) is 0 Å². The molecule has 3 aromatic carbocycles. The van der Waals surface area contributed by atoms with Gasteiger partial charge in [0.25, 0.3) is 5.91 Å². The van der Waals surface area contributed by atoms with Gasteiger partial charge >= 0.3 is 6.03 Å². The third-order valence-electron chi connectivity index (χ3n) is 5.81. The lowest BCUT2D eigenvalue weighted by Crippen LogP contribution is -2.49. The van der Waals surface area contributed by atoms with Gasteiger partial charge in [0.2, 0.25) is 0 Å². The number of rotatable bonds is 6. The van der Waals surface area contributed by atoms with Crippen LogP contribution in [0.1, 0.15) is 33.5 Å². The lowest BCUT2D eigenvalue weighted by Gasteiger charge is -2.36. The van der Waals surface area contributed by atoms with Crippen molar-refractivity contribution in [3.05, 3.63) is 89.0 Å². The Morgan fingerprint density at radius 2 is 1.76 bits per heavy atom. The second-order valence-electron chi connectivity index (χ2n) is 8.37. The Bertz CT molecular complexity index is 1170. The number of para-hydroxylation sites is 1. The van der Waals surface area contributed by atoms with Crippen molar-refractivity contribution in [3.63, 3.8) is 0 Å². The monoisotopic (exact) mass is 443 g/mol. The molecule has 1 aliphatic rings. The van der Waals surface area contributed by atoms with Crippen LogP contribution < -0.4 is 15.0 Å². The summed E-state index contributed by atoms with van der Waals surface area (Å²) in [5.74, 6) is 0.225. The zero-order chi connectivity index (χ0) is 23.4. The summed E-state index contributed by atoms with van der Waals surface area (Å²) < 4.78 is 5.34. The Morgan fingerprint density at radius 1 is 0.970 bits per heavy atom. The molecule has 0 atom stereocenters. The summed E-state index contributed by atoms with van der Waals surface area (Å²) in [5.41, 5.74) is 5.03. The predicted octanol–water partition coefficient (Wildman–Crippen LogP) is 5.40. The van der Waals surface area contributed by atoms with Crippen molar-refractivity contribution in [1.29, 1.82) is 0 Å². The summed E-state index contributed by atoms with van der Waals surface area (Å²) in [6.07, 6.45) is 0.853. The molecule has 4 rings (SSSR count). The van der Waals surface area contributed by atoms with Gasteiger partial charge in [-0.2, -0.15) is 0 Å². The van der Waals surface area contributed by atoms with E-state index in [2.05, 4.69) is 24.4 Å². The fourth-order valence-corrected chi connectivity index (χ4v) is 4.19. The van der Waals surface area contributed by atoms with Crippen LogP contribution in [0.25, 0.3) is 0 Å². The van der Waals surface area contributed by atoms with Crippen molar-refractivity contribution in [1.82, 2.24) is 4.90 Å². The average Bonchev–Trinajstić information content (AvgIpc) is 2.81. The predicted molar refractivity (Wildman–Crippen MR) is 131 cm³/mol. The fraction of sp³-hybridized carbons (Fsp3) is 0.259. The van der Waals surface area contributed by atoms with Crippen molar-refractivity contribution < 1.29 is 14.3 Å². The number of carbonyl (C=O) groups is 2. The van der Waals surface area contributed by atoms with Gasteiger partial charge in [0.05, 0.1) is 24.0 Å². The summed E-state index contributed by atoms with van der Waals surface area (Å²) in [7, 11) is 1.54. The van der Waals surface area contributed by atoms with Gasteiger partial charge in [-0.3, -0.25) is 9.69 Å². The Morgan fingerprint density at radius 3 is 2.55 bits per heavy atom. The number of benzene rings is 3. The smallest absolute Gasteiger partial charge is 0.324 e. The second kappa shape index (κ2) is 9.77. The first-order chi connectivity index (χ1) is 16.0. The fourth-order valence-electron chi connectivity index (χ4n) is 4.19. The number of methoxy groups -OCH3 is 1. The molecule has 6 heteroatoms. The van der Waals surface area contributed by atoms with Gasteiger partial charge in [0.15, 0.2) is 0 Å². The quantitative estimate of drug-likeness (QED) is 0.555. The summed E-state index contributed by atoms with van der Waals surface area (Å²) in [6.45, 7) is 5.88. The minimum atomic E-state index is -0.277. The number of hydrogen-bond acceptors (Lipinski definition) is 3. The largest absolute Gasteiger partial charge is 0.496 e. The van der Waals surface area contributed by atoms with Gasteiger partial charge in [-0.25, -0.2) is 4.79 Å². The van der Waals surface area contributed by atoms with Crippen LogP contribution in [0.15, 0.2) is 66.7 Å². The molecule has 0 unspecified atom stereocenters. The van der Waals surface area contributed by atoms with Gasteiger partial charge in [0.1, 0.15) is 5.75 Å². The molecule has 170 valence electrons. The van der Waals surface area contributed by atoms with Gasteiger partial charge < -0.3 is 15.0 Å². The molecule has 0 aromatic heterocycles. The zero-order valence-corrected chi connectivity index (χ0v) is 19.3. The molecule has 6 nitrogen and oxygen atoms in total. The summed E-state index contributed by atoms with van der Waals surface area (Å²) in [6, 6.07) is 21.0. The SMILES string of the molecule is COc1ccccc1C(=O)Nc1cc(C)ccc1N1CCCN(Cc2cccc(C)c2)C1=O. The maximum Gasteiger partial charge on any atom is 0.324 e. The first-order valence-corrected chi connectivity index (χ1v) is 11.1. The zero-order valence-electron chi connectivity index (χ0n) is 19.3. The van der Waals surface area contributed by atoms with Crippen molar-refractivity contribution in [3.8, 4) is 5.75 Å². The van der Waals surface area contributed by atoms with E-state index in [1.807, 2.05) is 48.2 Å². The highest BCUT2D eigenvalue weighted by Crippen LogP contribution is 2.31. The molecule has 0 spiro atoms. The van der Waals surface area contributed by atoms with Crippen molar-refractivity contribution in [2.75, 3.05) is 30.4 Å². The highest BCUT2D eigenvalue weighted by atomic mass is 16.5. The summed E-state index contributed by atoms with van der Waals surface area (Å²) >= 11 is 0. The third kappa shape index (κ3) is 5.00. The maximum absolute atomic E-state index is 13.4. The lowest BCUT2D eigenvalue weighted by atomic mass is 10.1. The molecule has 1 fully saturated rings. The number of urea groups is 1. The minimum Gasteiger partial charge on any atom is -0.496 e. The molecule has 0 saturated carbocycles. The van der Waals surface area contributed by atoms with Crippen LogP contribution in [0.2, 0.25) is 0 Å². The Balaban J connectivity index is 1.59. The molecule has 0 aliphatic carbocycles. The van der Waals surface area contributed by atoms with E-state index in [0.29, 0.717) is 42.3 Å². The molecule has 0 radical (unpaired) electrons. The summed E-state index contributed by atoms with van der Waals surface area (Å²) in [5, 5.41) is 3.00. The molecule has 1 saturated heterocycles. The van der Waals surface area contributed by atoms with Gasteiger partial charge in [-0.1, -0.05) is 48.0 Å². The number of nitrogens with one attached hydrogen (secondary N) is 1. The molecule has 1 aliphatic heterocycles. The molecule has 1 N–H and O–H groups in total. The minimum absolute atomic E-state index is 0.0561. The van der Waals surface area contributed by atoms with Gasteiger partial charge in [-0.05, 0) is 55.7 Å². The first-order valence-electron chi connectivity index (χ1n) is 11.1. The topological polar surface area (TPSA) is 61.9 Å². The average molecular weight is 444 g/mol. The maximum atomic E-state index is 13.4. The molecular weight excluding hydrogens is 414 g/mol. The normalized spacial score (nSPS) is 13.7. The lowest BCUT2D eigenvalue weighted by molar-refractivity contribution is 0.102. The van der Waals surface area contributed by atoms with Crippen LogP contribution in [0, 0.1) is 13.8 Å². The molecule has 3 amide bonds. The number of ether oxygens (including phenoxy) is 1. The standard InChI is InChI=1S/C27H29N3O3/c1-19-8-6-9-21(16-19)18-29-14-7-15-30(27(29)32)24-13-12-20(2)17-23(24)28-26(31)22-10-4-5-11-25(22)33-3/h4-6,8-13,16-17H,7,14-15,18H2,1-3H3,(H,28,31). The first kappa shape index (κ1) is 22.4. The Labute approximate surface area is 194 Å². The second-order valence-corrected chi connectivity index (χ2v) is 8.37. The highest BCUT2D eigenvalue weighted by Gasteiger charge is 2.29. The number of amides is 3. The van der Waals surface area contributed by atoms with Crippen LogP contribution in [0.3, 0.4) is 0 Å². The number of nitrogens with zero attached hydrogens (tertiary/aromatic N) is 2. The van der Waals surface area contributed by atoms with Crippen LogP contribution >= 0.6 is 0 Å². The molecule has 3 aromatic rings. The van der Waals surface area contributed by atoms with Gasteiger partial charge in [-0.15, -0.1) is 0 Å². The number of aryl methyl sites for hydroxylation is 2. The van der Waals surface area contributed by atoms with Crippen molar-refractivity contribution in [2.45, 2.75) is 26.8 Å². The summed E-state index contributed by atoms with van der Waals surface area (Å²) in [4.78, 5) is 30.1. The Kier molecular flexibility index (Phi) is 6.63. The molecular formula is C27H29N3O3. The number of carbonyl (C=O) groups excluding carboxylic acids is 2. The van der Waals surface area contributed by atoms with E-state index >= 15 is 0 Å². The van der Waals surface area contributed by atoms with Gasteiger partial charge in [0, 0.05) is 19.6 Å². The van der Waals surface area contributed by atoms with E-state index in [9.17, 15) is 9.59 Å². The number of anilines is 2. The van der Waals surface area contributed by atoms with Crippen LogP contribution in [0.5, 0.6) is 5.75 Å². The highest BCUT2D eigenvalue weighted by molar-refractivity contribution is 6.09. The molecule has 1 heterocycles. The van der Waals surface area contributed by atoms with E-state index in [-0.39, 0.29) is 11.9 Å². The van der Waals surface area contributed by atoms with Crippen LogP contribution in [0.4, 0.5) is 16.2 Å². The van der Waals surface area contributed by atoms with Crippen molar-refractivity contribution >= 4 is 23.3 Å². The van der Waals surface area contributed by atoms with Crippen LogP contribution in [-0.4, -0.2) is 37.0 Å². The number of hydrogen-bond donors (Lipinski definition) is 1. The Hall–Kier alpha value is -3.80. The third-order valence-corrected chi connectivity index (χ3v) is 5.81.